The maximum Gasteiger partial charge on any atom is 0.225 e. The maximum absolute atomic E-state index is 12.1. The number of hydrogen-bond donors (Lipinski definition) is 3. The lowest BCUT2D eigenvalue weighted by atomic mass is 9.83. The van der Waals surface area contributed by atoms with Crippen LogP contribution in [0.3, 0.4) is 0 Å². The predicted octanol–water partition coefficient (Wildman–Crippen LogP) is 3.20. The standard InChI is InChI=1S/C17H25N3O.C11H17N3O.CH5N/c1-17(2,3)15-9-13(7-8-18-15)19-14-10-20(11-14)16(21)12-5-4-6-12;1-15-7-6-14-8-11(9-14)13-10-2-4-12-5-3-10;1-2/h7-9,12,14H,4-6,10-11H2,1-3H3,(H,18,19);2-5,11H,6-9H2,1H3,(H,12,13);2H2,1H3. The van der Waals surface area contributed by atoms with Crippen molar-refractivity contribution in [3.63, 3.8) is 0 Å². The molecule has 9 heteroatoms. The quantitative estimate of drug-likeness (QED) is 0.482. The van der Waals surface area contributed by atoms with Crippen LogP contribution in [-0.4, -0.2) is 91.2 Å². The fourth-order valence-electron chi connectivity index (χ4n) is 4.58. The van der Waals surface area contributed by atoms with Crippen molar-refractivity contribution in [2.45, 2.75) is 57.5 Å². The molecule has 3 aliphatic rings. The van der Waals surface area contributed by atoms with Crippen molar-refractivity contribution in [1.29, 1.82) is 0 Å². The number of carbonyl (C=O) groups is 1. The first-order valence-electron chi connectivity index (χ1n) is 13.8. The Bertz CT molecular complexity index is 966. The van der Waals surface area contributed by atoms with Crippen molar-refractivity contribution in [2.24, 2.45) is 11.7 Å². The number of carbonyl (C=O) groups excluding carboxylic acids is 1. The van der Waals surface area contributed by atoms with Gasteiger partial charge in [-0.1, -0.05) is 27.2 Å². The number of nitrogens with one attached hydrogen (secondary N) is 2. The van der Waals surface area contributed by atoms with Gasteiger partial charge in [-0.15, -0.1) is 0 Å². The summed E-state index contributed by atoms with van der Waals surface area (Å²) in [6.45, 7) is 12.2. The number of aromatic nitrogens is 2. The molecule has 9 nitrogen and oxygen atoms in total. The average Bonchev–Trinajstić information content (AvgIpc) is 2.83. The molecule has 4 heterocycles. The minimum atomic E-state index is 0.0591. The van der Waals surface area contributed by atoms with Gasteiger partial charge in [0.1, 0.15) is 0 Å². The summed E-state index contributed by atoms with van der Waals surface area (Å²) in [5.74, 6) is 0.684. The van der Waals surface area contributed by atoms with Crippen LogP contribution in [0.2, 0.25) is 0 Å². The molecule has 0 unspecified atom stereocenters. The molecule has 5 rings (SSSR count). The summed E-state index contributed by atoms with van der Waals surface area (Å²) < 4.78 is 5.03. The second-order valence-corrected chi connectivity index (χ2v) is 11.2. The van der Waals surface area contributed by atoms with Gasteiger partial charge in [0.2, 0.25) is 5.91 Å². The topological polar surface area (TPSA) is 109 Å². The van der Waals surface area contributed by atoms with Crippen LogP contribution in [0.5, 0.6) is 0 Å². The summed E-state index contributed by atoms with van der Waals surface area (Å²) in [4.78, 5) is 24.9. The normalized spacial score (nSPS) is 18.0. The monoisotopic (exact) mass is 525 g/mol. The van der Waals surface area contributed by atoms with E-state index < -0.39 is 0 Å². The fraction of sp³-hybridized carbons (Fsp3) is 0.621. The SMILES string of the molecule is CC(C)(C)c1cc(NC2CN(C(=O)C3CCC3)C2)ccn1.CN.COCCN1CC(Nc2ccncc2)C1. The molecule has 210 valence electrons. The van der Waals surface area contributed by atoms with Crippen LogP contribution in [0.1, 0.15) is 45.7 Å². The molecule has 0 bridgehead atoms. The van der Waals surface area contributed by atoms with Gasteiger partial charge in [-0.05, 0) is 44.2 Å². The van der Waals surface area contributed by atoms with Crippen LogP contribution in [0.4, 0.5) is 11.4 Å². The van der Waals surface area contributed by atoms with Crippen molar-refractivity contribution >= 4 is 17.3 Å². The van der Waals surface area contributed by atoms with E-state index in [4.69, 9.17) is 4.74 Å². The van der Waals surface area contributed by atoms with E-state index in [-0.39, 0.29) is 5.41 Å². The average molecular weight is 526 g/mol. The van der Waals surface area contributed by atoms with Gasteiger partial charge >= 0.3 is 0 Å². The molecule has 0 spiro atoms. The van der Waals surface area contributed by atoms with Crippen LogP contribution >= 0.6 is 0 Å². The van der Waals surface area contributed by atoms with E-state index in [2.05, 4.69) is 58.1 Å². The van der Waals surface area contributed by atoms with E-state index in [9.17, 15) is 4.79 Å². The van der Waals surface area contributed by atoms with Crippen molar-refractivity contribution in [2.75, 3.05) is 64.1 Å². The molecule has 38 heavy (non-hydrogen) atoms. The number of rotatable bonds is 8. The van der Waals surface area contributed by atoms with Gasteiger partial charge in [0, 0.05) is 86.8 Å². The summed E-state index contributed by atoms with van der Waals surface area (Å²) in [7, 11) is 3.24. The van der Waals surface area contributed by atoms with Crippen molar-refractivity contribution < 1.29 is 9.53 Å². The molecule has 4 N–H and O–H groups in total. The Labute approximate surface area is 228 Å². The molecule has 1 aliphatic carbocycles. The molecule has 2 saturated heterocycles. The van der Waals surface area contributed by atoms with Crippen molar-refractivity contribution in [3.8, 4) is 0 Å². The molecule has 2 aromatic rings. The van der Waals surface area contributed by atoms with Crippen LogP contribution in [0.25, 0.3) is 0 Å². The van der Waals surface area contributed by atoms with Crippen LogP contribution in [0, 0.1) is 5.92 Å². The van der Waals surface area contributed by atoms with Crippen molar-refractivity contribution in [3.05, 3.63) is 48.5 Å². The highest BCUT2D eigenvalue weighted by atomic mass is 16.5. The minimum absolute atomic E-state index is 0.0591. The van der Waals surface area contributed by atoms with Gasteiger partial charge in [-0.2, -0.15) is 0 Å². The Balaban J connectivity index is 0.000000208. The van der Waals surface area contributed by atoms with Crippen LogP contribution in [0.15, 0.2) is 42.9 Å². The van der Waals surface area contributed by atoms with Gasteiger partial charge in [0.05, 0.1) is 18.7 Å². The van der Waals surface area contributed by atoms with E-state index in [0.717, 1.165) is 69.2 Å². The largest absolute Gasteiger partial charge is 0.383 e. The van der Waals surface area contributed by atoms with Gasteiger partial charge in [0.25, 0.3) is 0 Å². The lowest BCUT2D eigenvalue weighted by Gasteiger charge is -2.43. The molecule has 0 aromatic carbocycles. The first kappa shape index (κ1) is 29.8. The smallest absolute Gasteiger partial charge is 0.225 e. The Hall–Kier alpha value is -2.75. The molecule has 1 saturated carbocycles. The van der Waals surface area contributed by atoms with E-state index in [1.54, 1.807) is 7.11 Å². The summed E-state index contributed by atoms with van der Waals surface area (Å²) in [5, 5.41) is 6.98. The molecular weight excluding hydrogens is 478 g/mol. The van der Waals surface area contributed by atoms with Crippen molar-refractivity contribution in [1.82, 2.24) is 19.8 Å². The second kappa shape index (κ2) is 14.4. The van der Waals surface area contributed by atoms with E-state index in [1.807, 2.05) is 41.7 Å². The third-order valence-electron chi connectivity index (χ3n) is 7.17. The molecule has 2 aliphatic heterocycles. The summed E-state index contributed by atoms with van der Waals surface area (Å²) >= 11 is 0. The van der Waals surface area contributed by atoms with Crippen LogP contribution in [-0.2, 0) is 14.9 Å². The number of anilines is 2. The van der Waals surface area contributed by atoms with E-state index in [1.165, 1.54) is 13.5 Å². The van der Waals surface area contributed by atoms with E-state index >= 15 is 0 Å². The molecular formula is C29H47N7O2. The third kappa shape index (κ3) is 8.64. The van der Waals surface area contributed by atoms with Gasteiger partial charge in [-0.25, -0.2) is 0 Å². The number of likely N-dealkylation sites (tertiary alicyclic amines) is 2. The number of pyridine rings is 2. The number of nitrogens with zero attached hydrogens (tertiary/aromatic N) is 4. The van der Waals surface area contributed by atoms with E-state index in [0.29, 0.717) is 23.9 Å². The van der Waals surface area contributed by atoms with Gasteiger partial charge in [-0.3, -0.25) is 19.7 Å². The zero-order valence-corrected chi connectivity index (χ0v) is 23.8. The lowest BCUT2D eigenvalue weighted by molar-refractivity contribution is -0.142. The second-order valence-electron chi connectivity index (χ2n) is 11.2. The lowest BCUT2D eigenvalue weighted by Crippen LogP contribution is -2.58. The predicted molar refractivity (Wildman–Crippen MR) is 154 cm³/mol. The number of hydrogen-bond acceptors (Lipinski definition) is 8. The number of ether oxygens (including phenoxy) is 1. The third-order valence-corrected chi connectivity index (χ3v) is 7.17. The number of amides is 1. The summed E-state index contributed by atoms with van der Waals surface area (Å²) in [6.07, 6.45) is 8.88. The Morgan fingerprint density at radius 1 is 1.00 bits per heavy atom. The Kier molecular flexibility index (Phi) is 11.3. The Morgan fingerprint density at radius 3 is 2.18 bits per heavy atom. The first-order valence-corrected chi connectivity index (χ1v) is 13.8. The zero-order valence-electron chi connectivity index (χ0n) is 23.8. The fourth-order valence-corrected chi connectivity index (χ4v) is 4.58. The minimum Gasteiger partial charge on any atom is -0.383 e. The van der Waals surface area contributed by atoms with Crippen LogP contribution < -0.4 is 16.4 Å². The maximum atomic E-state index is 12.1. The Morgan fingerprint density at radius 2 is 1.61 bits per heavy atom. The molecule has 3 fully saturated rings. The highest BCUT2D eigenvalue weighted by molar-refractivity contribution is 5.80. The molecule has 0 atom stereocenters. The summed E-state index contributed by atoms with van der Waals surface area (Å²) in [6, 6.07) is 9.08. The van der Waals surface area contributed by atoms with Gasteiger partial charge < -0.3 is 26.0 Å². The first-order chi connectivity index (χ1) is 18.3. The molecule has 0 radical (unpaired) electrons. The highest BCUT2D eigenvalue weighted by Gasteiger charge is 2.36. The summed E-state index contributed by atoms with van der Waals surface area (Å²) in [5.41, 5.74) is 7.91. The molecule has 2 aromatic heterocycles. The highest BCUT2D eigenvalue weighted by Crippen LogP contribution is 2.30. The number of methoxy groups -OCH3 is 1. The zero-order chi connectivity index (χ0) is 27.5. The molecule has 1 amide bonds. The number of nitrogens with two attached hydrogens (primary N) is 1. The van der Waals surface area contributed by atoms with Gasteiger partial charge in [0.15, 0.2) is 0 Å².